The number of nitrogens with zero attached hydrogens (tertiary/aromatic N) is 2. The molecular formula is C30H36ClN3O4S. The van der Waals surface area contributed by atoms with Gasteiger partial charge in [0, 0.05) is 24.0 Å². The Labute approximate surface area is 236 Å². The van der Waals surface area contributed by atoms with Gasteiger partial charge in [-0.1, -0.05) is 66.2 Å². The van der Waals surface area contributed by atoms with Crippen molar-refractivity contribution in [3.8, 4) is 0 Å². The second-order valence-electron chi connectivity index (χ2n) is 10.1. The first kappa shape index (κ1) is 30.2. The van der Waals surface area contributed by atoms with E-state index in [9.17, 15) is 18.0 Å². The van der Waals surface area contributed by atoms with E-state index in [1.807, 2.05) is 70.2 Å². The summed E-state index contributed by atoms with van der Waals surface area (Å²) < 4.78 is 26.9. The predicted molar refractivity (Wildman–Crippen MR) is 157 cm³/mol. The Morgan fingerprint density at radius 3 is 2.08 bits per heavy atom. The van der Waals surface area contributed by atoms with Gasteiger partial charge in [-0.3, -0.25) is 13.9 Å². The molecule has 3 aromatic carbocycles. The quantitative estimate of drug-likeness (QED) is 0.356. The number of benzene rings is 3. The number of nitrogens with one attached hydrogen (secondary N) is 1. The molecule has 1 N–H and O–H groups in total. The van der Waals surface area contributed by atoms with Gasteiger partial charge in [0.25, 0.3) is 0 Å². The summed E-state index contributed by atoms with van der Waals surface area (Å²) in [5, 5.41) is 3.38. The predicted octanol–water partition coefficient (Wildman–Crippen LogP) is 4.89. The molecule has 0 aliphatic heterocycles. The molecule has 0 radical (unpaired) electrons. The van der Waals surface area contributed by atoms with Crippen molar-refractivity contribution in [2.45, 2.75) is 52.7 Å². The Bertz CT molecular complexity index is 1390. The third-order valence-electron chi connectivity index (χ3n) is 6.17. The van der Waals surface area contributed by atoms with Crippen molar-refractivity contribution >= 4 is 39.1 Å². The van der Waals surface area contributed by atoms with E-state index < -0.39 is 28.5 Å². The number of rotatable bonds is 11. The standard InChI is InChI=1S/C30H36ClN3O4S/c1-21(2)32-30(36)28(18-24-11-7-6-8-12-24)33(19-25-13-9-10-14-27(25)31)29(35)20-34(39(5,37)38)26-16-22(3)15-23(4)17-26/h6-17,21,28H,18-20H2,1-5H3,(H,32,36)/t28-/m1/s1. The smallest absolute Gasteiger partial charge is 0.244 e. The first-order valence-corrected chi connectivity index (χ1v) is 15.0. The number of sulfonamides is 1. The molecule has 9 heteroatoms. The van der Waals surface area contributed by atoms with E-state index in [-0.39, 0.29) is 24.9 Å². The van der Waals surface area contributed by atoms with Crippen LogP contribution in [0.3, 0.4) is 0 Å². The summed E-state index contributed by atoms with van der Waals surface area (Å²) in [4.78, 5) is 29.1. The minimum atomic E-state index is -3.83. The van der Waals surface area contributed by atoms with Crippen LogP contribution >= 0.6 is 11.6 Å². The molecule has 7 nitrogen and oxygen atoms in total. The molecule has 0 fully saturated rings. The third kappa shape index (κ3) is 8.57. The molecule has 0 saturated carbocycles. The van der Waals surface area contributed by atoms with Crippen molar-refractivity contribution in [2.24, 2.45) is 0 Å². The van der Waals surface area contributed by atoms with Gasteiger partial charge in [-0.25, -0.2) is 8.42 Å². The van der Waals surface area contributed by atoms with Crippen LogP contribution in [0.1, 0.15) is 36.1 Å². The molecule has 0 saturated heterocycles. The Kier molecular flexibility index (Phi) is 10.2. The van der Waals surface area contributed by atoms with Gasteiger partial charge >= 0.3 is 0 Å². The van der Waals surface area contributed by atoms with Crippen molar-refractivity contribution in [3.05, 3.63) is 100 Å². The highest BCUT2D eigenvalue weighted by molar-refractivity contribution is 7.92. The summed E-state index contributed by atoms with van der Waals surface area (Å²) in [6.45, 7) is 7.01. The van der Waals surface area contributed by atoms with Crippen LogP contribution in [0.4, 0.5) is 5.69 Å². The molecule has 3 aromatic rings. The van der Waals surface area contributed by atoms with Gasteiger partial charge in [-0.15, -0.1) is 0 Å². The number of amides is 2. The molecule has 2 amide bonds. The second-order valence-corrected chi connectivity index (χ2v) is 12.4. The summed E-state index contributed by atoms with van der Waals surface area (Å²) in [6.07, 6.45) is 1.32. The van der Waals surface area contributed by atoms with E-state index in [1.165, 1.54) is 4.90 Å². The number of anilines is 1. The normalized spacial score (nSPS) is 12.2. The number of carbonyl (C=O) groups is 2. The van der Waals surface area contributed by atoms with Gasteiger partial charge in [0.2, 0.25) is 21.8 Å². The number of aryl methyl sites for hydroxylation is 2. The van der Waals surface area contributed by atoms with Crippen LogP contribution < -0.4 is 9.62 Å². The molecule has 208 valence electrons. The molecule has 0 unspecified atom stereocenters. The van der Waals surface area contributed by atoms with Gasteiger partial charge in [0.05, 0.1) is 11.9 Å². The Morgan fingerprint density at radius 2 is 1.51 bits per heavy atom. The SMILES string of the molecule is Cc1cc(C)cc(N(CC(=O)N(Cc2ccccc2Cl)[C@H](Cc2ccccc2)C(=O)NC(C)C)S(C)(=O)=O)c1. The molecule has 1 atom stereocenters. The van der Waals surface area contributed by atoms with Crippen LogP contribution in [0.2, 0.25) is 5.02 Å². The van der Waals surface area contributed by atoms with Gasteiger partial charge in [-0.2, -0.15) is 0 Å². The summed E-state index contributed by atoms with van der Waals surface area (Å²) in [6, 6.07) is 20.9. The lowest BCUT2D eigenvalue weighted by atomic mass is 10.0. The van der Waals surface area contributed by atoms with Crippen LogP contribution in [0.5, 0.6) is 0 Å². The van der Waals surface area contributed by atoms with Crippen LogP contribution in [-0.4, -0.2) is 50.0 Å². The molecule has 0 spiro atoms. The highest BCUT2D eigenvalue weighted by atomic mass is 35.5. The highest BCUT2D eigenvalue weighted by Crippen LogP contribution is 2.24. The van der Waals surface area contributed by atoms with E-state index >= 15 is 0 Å². The lowest BCUT2D eigenvalue weighted by Gasteiger charge is -2.34. The second kappa shape index (κ2) is 13.1. The Hall–Kier alpha value is -3.36. The lowest BCUT2D eigenvalue weighted by molar-refractivity contribution is -0.140. The monoisotopic (exact) mass is 569 g/mol. The van der Waals surface area contributed by atoms with Gasteiger partial charge in [0.15, 0.2) is 0 Å². The van der Waals surface area contributed by atoms with Gasteiger partial charge < -0.3 is 10.2 Å². The van der Waals surface area contributed by atoms with Crippen molar-refractivity contribution in [1.82, 2.24) is 10.2 Å². The Balaban J connectivity index is 2.08. The maximum Gasteiger partial charge on any atom is 0.244 e. The highest BCUT2D eigenvalue weighted by Gasteiger charge is 2.33. The zero-order valence-corrected chi connectivity index (χ0v) is 24.6. The fourth-order valence-electron chi connectivity index (χ4n) is 4.45. The first-order valence-electron chi connectivity index (χ1n) is 12.8. The fourth-order valence-corrected chi connectivity index (χ4v) is 5.48. The summed E-state index contributed by atoms with van der Waals surface area (Å²) in [7, 11) is -3.83. The van der Waals surface area contributed by atoms with E-state index in [4.69, 9.17) is 11.6 Å². The maximum absolute atomic E-state index is 14.1. The summed E-state index contributed by atoms with van der Waals surface area (Å²) in [5.41, 5.74) is 3.66. The molecule has 3 rings (SSSR count). The zero-order chi connectivity index (χ0) is 28.7. The molecule has 0 bridgehead atoms. The van der Waals surface area contributed by atoms with E-state index in [1.54, 1.807) is 30.3 Å². The van der Waals surface area contributed by atoms with Crippen molar-refractivity contribution in [3.63, 3.8) is 0 Å². The average Bonchev–Trinajstić information content (AvgIpc) is 2.84. The largest absolute Gasteiger partial charge is 0.352 e. The van der Waals surface area contributed by atoms with E-state index in [2.05, 4.69) is 5.32 Å². The molecule has 0 heterocycles. The third-order valence-corrected chi connectivity index (χ3v) is 7.68. The minimum Gasteiger partial charge on any atom is -0.352 e. The number of hydrogen-bond donors (Lipinski definition) is 1. The van der Waals surface area contributed by atoms with Crippen molar-refractivity contribution in [1.29, 1.82) is 0 Å². The van der Waals surface area contributed by atoms with Crippen LogP contribution in [0.25, 0.3) is 0 Å². The molecule has 0 aliphatic carbocycles. The van der Waals surface area contributed by atoms with Crippen LogP contribution in [-0.2, 0) is 32.6 Å². The average molecular weight is 570 g/mol. The van der Waals surface area contributed by atoms with Gasteiger partial charge in [0.1, 0.15) is 12.6 Å². The van der Waals surface area contributed by atoms with Crippen molar-refractivity contribution < 1.29 is 18.0 Å². The van der Waals surface area contributed by atoms with Crippen molar-refractivity contribution in [2.75, 3.05) is 17.1 Å². The van der Waals surface area contributed by atoms with Gasteiger partial charge in [-0.05, 0) is 68.1 Å². The molecule has 0 aliphatic rings. The molecular weight excluding hydrogens is 534 g/mol. The van der Waals surface area contributed by atoms with Crippen LogP contribution in [0.15, 0.2) is 72.8 Å². The zero-order valence-electron chi connectivity index (χ0n) is 23.0. The first-order chi connectivity index (χ1) is 18.3. The lowest BCUT2D eigenvalue weighted by Crippen LogP contribution is -2.54. The number of halogens is 1. The molecule has 0 aromatic heterocycles. The number of hydrogen-bond acceptors (Lipinski definition) is 4. The minimum absolute atomic E-state index is 0.0337. The number of carbonyl (C=O) groups excluding carboxylic acids is 2. The Morgan fingerprint density at radius 1 is 0.923 bits per heavy atom. The molecule has 39 heavy (non-hydrogen) atoms. The summed E-state index contributed by atoms with van der Waals surface area (Å²) in [5.74, 6) is -0.842. The summed E-state index contributed by atoms with van der Waals surface area (Å²) >= 11 is 6.47. The maximum atomic E-state index is 14.1. The van der Waals surface area contributed by atoms with E-state index in [0.717, 1.165) is 27.3 Å². The topological polar surface area (TPSA) is 86.8 Å². The van der Waals surface area contributed by atoms with Crippen LogP contribution in [0, 0.1) is 13.8 Å². The fraction of sp³-hybridized carbons (Fsp3) is 0.333. The van der Waals surface area contributed by atoms with E-state index in [0.29, 0.717) is 16.3 Å².